The van der Waals surface area contributed by atoms with Gasteiger partial charge in [-0.25, -0.2) is 0 Å². The van der Waals surface area contributed by atoms with Gasteiger partial charge in [0.15, 0.2) is 0 Å². The fourth-order valence-electron chi connectivity index (χ4n) is 1.06. The highest BCUT2D eigenvalue weighted by Crippen LogP contribution is 2.15. The number of aryl methyl sites for hydroxylation is 1. The van der Waals surface area contributed by atoms with Crippen molar-refractivity contribution in [1.29, 1.82) is 0 Å². The van der Waals surface area contributed by atoms with Crippen molar-refractivity contribution in [3.05, 3.63) is 39.9 Å². The second-order valence-corrected chi connectivity index (χ2v) is 3.62. The van der Waals surface area contributed by atoms with E-state index in [1.54, 1.807) is 0 Å². The standard InChI is InChI=1S/C10H12BrN/c1-8-5-9(3-2-4-12)7-10(11)6-8/h2-3,5-7H,4,12H2,1H3/b3-2+. The molecular formula is C10H12BrN. The fourth-order valence-corrected chi connectivity index (χ4v) is 1.69. The highest BCUT2D eigenvalue weighted by Gasteiger charge is 1.91. The highest BCUT2D eigenvalue weighted by atomic mass is 79.9. The Bertz CT molecular complexity index is 272. The maximum absolute atomic E-state index is 5.35. The third-order valence-corrected chi connectivity index (χ3v) is 1.97. The van der Waals surface area contributed by atoms with Crippen LogP contribution < -0.4 is 5.73 Å². The van der Waals surface area contributed by atoms with Gasteiger partial charge in [-0.2, -0.15) is 0 Å². The van der Waals surface area contributed by atoms with Gasteiger partial charge in [-0.1, -0.05) is 34.1 Å². The molecule has 0 saturated carbocycles. The second-order valence-electron chi connectivity index (χ2n) is 2.70. The average molecular weight is 226 g/mol. The van der Waals surface area contributed by atoms with Crippen LogP contribution in [0, 0.1) is 6.92 Å². The molecule has 0 aliphatic carbocycles. The lowest BCUT2D eigenvalue weighted by Gasteiger charge is -1.97. The van der Waals surface area contributed by atoms with E-state index in [-0.39, 0.29) is 0 Å². The van der Waals surface area contributed by atoms with Crippen LogP contribution in [0.2, 0.25) is 0 Å². The molecule has 0 amide bonds. The summed E-state index contributed by atoms with van der Waals surface area (Å²) in [4.78, 5) is 0. The molecule has 0 heterocycles. The average Bonchev–Trinajstić information content (AvgIpc) is 1.99. The molecule has 64 valence electrons. The Morgan fingerprint density at radius 1 is 1.42 bits per heavy atom. The molecule has 12 heavy (non-hydrogen) atoms. The minimum atomic E-state index is 0.589. The molecule has 0 aliphatic rings. The van der Waals surface area contributed by atoms with Gasteiger partial charge in [0.25, 0.3) is 0 Å². The molecule has 0 unspecified atom stereocenters. The van der Waals surface area contributed by atoms with Crippen LogP contribution in [0.1, 0.15) is 11.1 Å². The first-order valence-corrected chi connectivity index (χ1v) is 4.65. The molecule has 0 saturated heterocycles. The zero-order valence-corrected chi connectivity index (χ0v) is 8.64. The first-order valence-electron chi connectivity index (χ1n) is 3.86. The van der Waals surface area contributed by atoms with Gasteiger partial charge in [0, 0.05) is 11.0 Å². The SMILES string of the molecule is Cc1cc(Br)cc(/C=C/CN)c1. The van der Waals surface area contributed by atoms with E-state index in [1.807, 2.05) is 12.2 Å². The summed E-state index contributed by atoms with van der Waals surface area (Å²) < 4.78 is 1.11. The van der Waals surface area contributed by atoms with Crippen molar-refractivity contribution in [2.24, 2.45) is 5.73 Å². The van der Waals surface area contributed by atoms with Gasteiger partial charge in [0.1, 0.15) is 0 Å². The van der Waals surface area contributed by atoms with Gasteiger partial charge in [0.2, 0.25) is 0 Å². The molecule has 0 aliphatic heterocycles. The summed E-state index contributed by atoms with van der Waals surface area (Å²) >= 11 is 3.44. The molecule has 0 atom stereocenters. The molecule has 1 rings (SSSR count). The normalized spacial score (nSPS) is 10.9. The third-order valence-electron chi connectivity index (χ3n) is 1.51. The molecule has 1 aromatic rings. The molecule has 1 nitrogen and oxygen atoms in total. The Labute approximate surface area is 81.4 Å². The van der Waals surface area contributed by atoms with E-state index in [1.165, 1.54) is 11.1 Å². The molecule has 1 aromatic carbocycles. The topological polar surface area (TPSA) is 26.0 Å². The van der Waals surface area contributed by atoms with Crippen molar-refractivity contribution in [2.45, 2.75) is 6.92 Å². The minimum Gasteiger partial charge on any atom is -0.327 e. The lowest BCUT2D eigenvalue weighted by molar-refractivity contribution is 1.26. The Balaban J connectivity index is 2.93. The zero-order chi connectivity index (χ0) is 8.97. The molecule has 0 radical (unpaired) electrons. The molecule has 0 bridgehead atoms. The summed E-state index contributed by atoms with van der Waals surface area (Å²) in [5, 5.41) is 0. The lowest BCUT2D eigenvalue weighted by Crippen LogP contribution is -1.91. The van der Waals surface area contributed by atoms with Crippen molar-refractivity contribution in [3.63, 3.8) is 0 Å². The van der Waals surface area contributed by atoms with Crippen LogP contribution in [0.5, 0.6) is 0 Å². The summed E-state index contributed by atoms with van der Waals surface area (Å²) in [5.74, 6) is 0. The maximum atomic E-state index is 5.35. The van der Waals surface area contributed by atoms with E-state index in [0.717, 1.165) is 4.47 Å². The van der Waals surface area contributed by atoms with Crippen LogP contribution in [0.4, 0.5) is 0 Å². The van der Waals surface area contributed by atoms with E-state index in [2.05, 4.69) is 41.1 Å². The number of benzene rings is 1. The number of hydrogen-bond donors (Lipinski definition) is 1. The van der Waals surface area contributed by atoms with Crippen molar-refractivity contribution < 1.29 is 0 Å². The molecule has 2 heteroatoms. The van der Waals surface area contributed by atoms with Gasteiger partial charge in [-0.15, -0.1) is 0 Å². The fraction of sp³-hybridized carbons (Fsp3) is 0.200. The number of hydrogen-bond acceptors (Lipinski definition) is 1. The van der Waals surface area contributed by atoms with E-state index >= 15 is 0 Å². The molecule has 0 spiro atoms. The van der Waals surface area contributed by atoms with Crippen molar-refractivity contribution in [1.82, 2.24) is 0 Å². The Hall–Kier alpha value is -0.600. The summed E-state index contributed by atoms with van der Waals surface area (Å²) in [6.45, 7) is 2.66. The van der Waals surface area contributed by atoms with Gasteiger partial charge in [-0.05, 0) is 30.2 Å². The minimum absolute atomic E-state index is 0.589. The van der Waals surface area contributed by atoms with E-state index in [9.17, 15) is 0 Å². The van der Waals surface area contributed by atoms with Crippen LogP contribution in [0.3, 0.4) is 0 Å². The summed E-state index contributed by atoms with van der Waals surface area (Å²) in [5.41, 5.74) is 7.79. The molecular weight excluding hydrogens is 214 g/mol. The van der Waals surface area contributed by atoms with E-state index in [0.29, 0.717) is 6.54 Å². The van der Waals surface area contributed by atoms with E-state index < -0.39 is 0 Å². The summed E-state index contributed by atoms with van der Waals surface area (Å²) in [7, 11) is 0. The predicted octanol–water partition coefficient (Wildman–Crippen LogP) is 2.73. The van der Waals surface area contributed by atoms with E-state index in [4.69, 9.17) is 5.73 Å². The summed E-state index contributed by atoms with van der Waals surface area (Å²) in [6.07, 6.45) is 3.97. The van der Waals surface area contributed by atoms with Crippen molar-refractivity contribution in [3.8, 4) is 0 Å². The van der Waals surface area contributed by atoms with Crippen molar-refractivity contribution >= 4 is 22.0 Å². The number of halogens is 1. The first-order chi connectivity index (χ1) is 5.72. The summed E-state index contributed by atoms with van der Waals surface area (Å²) in [6, 6.07) is 6.27. The largest absolute Gasteiger partial charge is 0.327 e. The smallest absolute Gasteiger partial charge is 0.0183 e. The lowest BCUT2D eigenvalue weighted by atomic mass is 10.1. The monoisotopic (exact) mass is 225 g/mol. The maximum Gasteiger partial charge on any atom is 0.0183 e. The Kier molecular flexibility index (Phi) is 3.50. The van der Waals surface area contributed by atoms with Gasteiger partial charge in [-0.3, -0.25) is 0 Å². The van der Waals surface area contributed by atoms with Crippen molar-refractivity contribution in [2.75, 3.05) is 6.54 Å². The van der Waals surface area contributed by atoms with Crippen LogP contribution in [0.25, 0.3) is 6.08 Å². The van der Waals surface area contributed by atoms with Gasteiger partial charge < -0.3 is 5.73 Å². The molecule has 0 fully saturated rings. The van der Waals surface area contributed by atoms with Gasteiger partial charge in [0.05, 0.1) is 0 Å². The second kappa shape index (κ2) is 4.43. The first kappa shape index (κ1) is 9.49. The Morgan fingerprint density at radius 2 is 2.17 bits per heavy atom. The number of rotatable bonds is 2. The zero-order valence-electron chi connectivity index (χ0n) is 7.05. The van der Waals surface area contributed by atoms with Crippen LogP contribution in [-0.2, 0) is 0 Å². The predicted molar refractivity (Wildman–Crippen MR) is 57.0 cm³/mol. The van der Waals surface area contributed by atoms with Crippen LogP contribution in [0.15, 0.2) is 28.7 Å². The quantitative estimate of drug-likeness (QED) is 0.824. The third kappa shape index (κ3) is 2.80. The van der Waals surface area contributed by atoms with Crippen LogP contribution in [-0.4, -0.2) is 6.54 Å². The highest BCUT2D eigenvalue weighted by molar-refractivity contribution is 9.10. The van der Waals surface area contributed by atoms with Crippen LogP contribution >= 0.6 is 15.9 Å². The van der Waals surface area contributed by atoms with Gasteiger partial charge >= 0.3 is 0 Å². The molecule has 0 aromatic heterocycles. The molecule has 2 N–H and O–H groups in total. The Morgan fingerprint density at radius 3 is 2.75 bits per heavy atom. The number of nitrogens with two attached hydrogens (primary N) is 1.